The van der Waals surface area contributed by atoms with E-state index in [1.165, 1.54) is 0 Å². The molecular weight excluding hydrogens is 230 g/mol. The summed E-state index contributed by atoms with van der Waals surface area (Å²) in [6, 6.07) is 8.00. The van der Waals surface area contributed by atoms with Crippen LogP contribution in [0.2, 0.25) is 0 Å². The maximum absolute atomic E-state index is 5.70. The van der Waals surface area contributed by atoms with Gasteiger partial charge in [-0.3, -0.25) is 0 Å². The number of nitrogens with two attached hydrogens (primary N) is 1. The molecule has 0 radical (unpaired) electrons. The van der Waals surface area contributed by atoms with Crippen LogP contribution in [0.5, 0.6) is 5.75 Å². The second-order valence-corrected chi connectivity index (χ2v) is 6.01. The summed E-state index contributed by atoms with van der Waals surface area (Å²) in [7, 11) is 0. The maximum Gasteiger partial charge on any atom is 0.119 e. The maximum atomic E-state index is 5.70. The minimum Gasteiger partial charge on any atom is -0.493 e. The third-order valence-corrected chi connectivity index (χ3v) is 4.28. The smallest absolute Gasteiger partial charge is 0.119 e. The van der Waals surface area contributed by atoms with E-state index < -0.39 is 0 Å². The van der Waals surface area contributed by atoms with Crippen molar-refractivity contribution in [3.8, 4) is 5.75 Å². The molecule has 17 heavy (non-hydrogen) atoms. The van der Waals surface area contributed by atoms with Crippen molar-refractivity contribution in [3.63, 3.8) is 0 Å². The van der Waals surface area contributed by atoms with Crippen LogP contribution in [0, 0.1) is 5.92 Å². The molecule has 1 unspecified atom stereocenters. The molecule has 0 aliphatic carbocycles. The lowest BCUT2D eigenvalue weighted by atomic mass is 10.2. The largest absolute Gasteiger partial charge is 0.493 e. The Bertz CT molecular complexity index is 328. The first-order valence-electron chi connectivity index (χ1n) is 6.17. The van der Waals surface area contributed by atoms with Crippen molar-refractivity contribution < 1.29 is 4.74 Å². The van der Waals surface area contributed by atoms with Gasteiger partial charge in [-0.2, -0.15) is 11.8 Å². The molecule has 0 spiro atoms. The highest BCUT2D eigenvalue weighted by atomic mass is 32.2. The first-order valence-corrected chi connectivity index (χ1v) is 7.21. The van der Waals surface area contributed by atoms with Crippen molar-refractivity contribution >= 4 is 11.8 Å². The second kappa shape index (κ2) is 7.62. The molecule has 0 aliphatic rings. The van der Waals surface area contributed by atoms with Crippen LogP contribution in [0.1, 0.15) is 26.3 Å². The van der Waals surface area contributed by atoms with E-state index >= 15 is 0 Å². The van der Waals surface area contributed by atoms with Crippen LogP contribution < -0.4 is 10.5 Å². The Hall–Kier alpha value is -0.670. The highest BCUT2D eigenvalue weighted by molar-refractivity contribution is 7.99. The fourth-order valence-electron chi connectivity index (χ4n) is 1.35. The summed E-state index contributed by atoms with van der Waals surface area (Å²) in [6.07, 6.45) is 0. The Morgan fingerprint density at radius 2 is 2.06 bits per heavy atom. The van der Waals surface area contributed by atoms with Gasteiger partial charge in [0, 0.05) is 17.5 Å². The number of rotatable bonds is 7. The number of benzene rings is 1. The average Bonchev–Trinajstić information content (AvgIpc) is 2.34. The summed E-state index contributed by atoms with van der Waals surface area (Å²) >= 11 is 1.96. The SMILES string of the molecule is CC(C)C(C)SCCOc1cccc(CN)c1. The standard InChI is InChI=1S/C14H23NOS/c1-11(2)12(3)17-8-7-16-14-6-4-5-13(9-14)10-15/h4-6,9,11-12H,7-8,10,15H2,1-3H3. The molecule has 0 heterocycles. The number of ether oxygens (including phenoxy) is 1. The van der Waals surface area contributed by atoms with E-state index in [1.807, 2.05) is 36.0 Å². The zero-order chi connectivity index (χ0) is 12.7. The molecule has 0 bridgehead atoms. The Morgan fingerprint density at radius 3 is 2.71 bits per heavy atom. The molecule has 96 valence electrons. The lowest BCUT2D eigenvalue weighted by molar-refractivity contribution is 0.343. The fourth-order valence-corrected chi connectivity index (χ4v) is 2.28. The van der Waals surface area contributed by atoms with E-state index in [1.54, 1.807) is 0 Å². The highest BCUT2D eigenvalue weighted by Gasteiger charge is 2.06. The summed E-state index contributed by atoms with van der Waals surface area (Å²) < 4.78 is 5.70. The van der Waals surface area contributed by atoms with Crippen molar-refractivity contribution in [2.24, 2.45) is 11.7 Å². The Kier molecular flexibility index (Phi) is 6.45. The molecule has 0 aromatic heterocycles. The van der Waals surface area contributed by atoms with Gasteiger partial charge in [-0.15, -0.1) is 0 Å². The van der Waals surface area contributed by atoms with Crippen LogP contribution in [0.25, 0.3) is 0 Å². The monoisotopic (exact) mass is 253 g/mol. The molecule has 0 amide bonds. The summed E-state index contributed by atoms with van der Waals surface area (Å²) in [5, 5.41) is 0.689. The first-order chi connectivity index (χ1) is 8.13. The molecule has 2 nitrogen and oxygen atoms in total. The predicted molar refractivity (Wildman–Crippen MR) is 76.6 cm³/mol. The summed E-state index contributed by atoms with van der Waals surface area (Å²) in [5.41, 5.74) is 6.70. The van der Waals surface area contributed by atoms with E-state index in [2.05, 4.69) is 20.8 Å². The average molecular weight is 253 g/mol. The van der Waals surface area contributed by atoms with Crippen LogP contribution >= 0.6 is 11.8 Å². The van der Waals surface area contributed by atoms with Gasteiger partial charge >= 0.3 is 0 Å². The van der Waals surface area contributed by atoms with Crippen LogP contribution in [0.4, 0.5) is 0 Å². The van der Waals surface area contributed by atoms with Gasteiger partial charge < -0.3 is 10.5 Å². The number of thioether (sulfide) groups is 1. The first kappa shape index (κ1) is 14.4. The van der Waals surface area contributed by atoms with Crippen LogP contribution in [0.3, 0.4) is 0 Å². The van der Waals surface area contributed by atoms with E-state index in [0.717, 1.165) is 29.6 Å². The van der Waals surface area contributed by atoms with Crippen LogP contribution in [0.15, 0.2) is 24.3 Å². The molecule has 1 atom stereocenters. The van der Waals surface area contributed by atoms with E-state index in [4.69, 9.17) is 10.5 Å². The second-order valence-electron chi connectivity index (χ2n) is 4.52. The molecule has 0 aliphatic heterocycles. The Labute approximate surface area is 109 Å². The van der Waals surface area contributed by atoms with Crippen molar-refractivity contribution in [2.45, 2.75) is 32.6 Å². The van der Waals surface area contributed by atoms with E-state index in [-0.39, 0.29) is 0 Å². The topological polar surface area (TPSA) is 35.2 Å². The number of hydrogen-bond donors (Lipinski definition) is 1. The van der Waals surface area contributed by atoms with Crippen molar-refractivity contribution in [1.82, 2.24) is 0 Å². The molecule has 3 heteroatoms. The van der Waals surface area contributed by atoms with E-state index in [0.29, 0.717) is 11.8 Å². The van der Waals surface area contributed by atoms with Gasteiger partial charge in [0.15, 0.2) is 0 Å². The van der Waals surface area contributed by atoms with Crippen molar-refractivity contribution in [1.29, 1.82) is 0 Å². The number of hydrogen-bond acceptors (Lipinski definition) is 3. The van der Waals surface area contributed by atoms with Crippen LogP contribution in [-0.4, -0.2) is 17.6 Å². The van der Waals surface area contributed by atoms with Gasteiger partial charge in [0.25, 0.3) is 0 Å². The summed E-state index contributed by atoms with van der Waals surface area (Å²) in [6.45, 7) is 8.10. The van der Waals surface area contributed by atoms with Gasteiger partial charge in [-0.1, -0.05) is 32.9 Å². The zero-order valence-corrected chi connectivity index (χ0v) is 11.8. The quantitative estimate of drug-likeness (QED) is 0.757. The lowest BCUT2D eigenvalue weighted by Crippen LogP contribution is -2.09. The fraction of sp³-hybridized carbons (Fsp3) is 0.571. The van der Waals surface area contributed by atoms with Gasteiger partial charge in [-0.25, -0.2) is 0 Å². The molecule has 0 saturated heterocycles. The Balaban J connectivity index is 2.26. The van der Waals surface area contributed by atoms with Gasteiger partial charge in [-0.05, 0) is 23.6 Å². The molecule has 1 aromatic carbocycles. The molecule has 1 aromatic rings. The molecule has 2 N–H and O–H groups in total. The van der Waals surface area contributed by atoms with Gasteiger partial charge in [0.1, 0.15) is 5.75 Å². The minimum absolute atomic E-state index is 0.566. The van der Waals surface area contributed by atoms with E-state index in [9.17, 15) is 0 Å². The predicted octanol–water partition coefficient (Wildman–Crippen LogP) is 3.30. The minimum atomic E-state index is 0.566. The molecule has 0 fully saturated rings. The van der Waals surface area contributed by atoms with Crippen LogP contribution in [-0.2, 0) is 6.54 Å². The van der Waals surface area contributed by atoms with Gasteiger partial charge in [0.2, 0.25) is 0 Å². The Morgan fingerprint density at radius 1 is 1.29 bits per heavy atom. The third kappa shape index (κ3) is 5.46. The summed E-state index contributed by atoms with van der Waals surface area (Å²) in [5.74, 6) is 2.68. The molecular formula is C14H23NOS. The highest BCUT2D eigenvalue weighted by Crippen LogP contribution is 2.19. The normalized spacial score (nSPS) is 12.8. The van der Waals surface area contributed by atoms with Crippen molar-refractivity contribution in [2.75, 3.05) is 12.4 Å². The summed E-state index contributed by atoms with van der Waals surface area (Å²) in [4.78, 5) is 0. The molecule has 1 rings (SSSR count). The lowest BCUT2D eigenvalue weighted by Gasteiger charge is -2.15. The van der Waals surface area contributed by atoms with Crippen molar-refractivity contribution in [3.05, 3.63) is 29.8 Å². The zero-order valence-electron chi connectivity index (χ0n) is 11.0. The van der Waals surface area contributed by atoms with Gasteiger partial charge in [0.05, 0.1) is 6.61 Å². The third-order valence-electron chi connectivity index (χ3n) is 2.81. The molecule has 0 saturated carbocycles.